The van der Waals surface area contributed by atoms with E-state index in [1.54, 1.807) is 13.0 Å². The molecule has 0 amide bonds. The Morgan fingerprint density at radius 2 is 2.20 bits per heavy atom. The predicted molar refractivity (Wildman–Crippen MR) is 72.0 cm³/mol. The highest BCUT2D eigenvalue weighted by Crippen LogP contribution is 2.40. The van der Waals surface area contributed by atoms with Gasteiger partial charge in [0, 0.05) is 0 Å². The summed E-state index contributed by atoms with van der Waals surface area (Å²) >= 11 is 6.06. The Balaban J connectivity index is 2.24. The molecule has 1 heterocycles. The molecule has 2 rings (SSSR count). The van der Waals surface area contributed by atoms with Crippen molar-refractivity contribution in [1.29, 1.82) is 0 Å². The van der Waals surface area contributed by atoms with E-state index in [0.717, 1.165) is 0 Å². The average molecular weight is 302 g/mol. The van der Waals surface area contributed by atoms with Crippen LogP contribution < -0.4 is 15.2 Å². The summed E-state index contributed by atoms with van der Waals surface area (Å²) in [4.78, 5) is 11.5. The molecule has 0 saturated heterocycles. The zero-order valence-corrected chi connectivity index (χ0v) is 11.7. The zero-order valence-electron chi connectivity index (χ0n) is 11.0. The maximum absolute atomic E-state index is 11.5. The van der Waals surface area contributed by atoms with E-state index in [4.69, 9.17) is 31.5 Å². The number of carbonyl (C=O) groups is 1. The first-order chi connectivity index (χ1) is 9.54. The molecule has 1 aliphatic rings. The Bertz CT molecular complexity index is 508. The molecule has 7 heteroatoms. The first-order valence-corrected chi connectivity index (χ1v) is 6.61. The molecule has 0 aliphatic carbocycles. The van der Waals surface area contributed by atoms with Gasteiger partial charge in [0.1, 0.15) is 25.4 Å². The molecule has 0 bridgehead atoms. The lowest BCUT2D eigenvalue weighted by atomic mass is 10.0. The van der Waals surface area contributed by atoms with Crippen molar-refractivity contribution in [2.24, 2.45) is 5.73 Å². The van der Waals surface area contributed by atoms with E-state index < -0.39 is 18.1 Å². The second kappa shape index (κ2) is 6.30. The van der Waals surface area contributed by atoms with Gasteiger partial charge in [-0.05, 0) is 24.6 Å². The molecule has 20 heavy (non-hydrogen) atoms. The molecule has 2 unspecified atom stereocenters. The Morgan fingerprint density at radius 1 is 1.50 bits per heavy atom. The molecule has 2 atom stereocenters. The quantitative estimate of drug-likeness (QED) is 0.807. The third kappa shape index (κ3) is 2.98. The summed E-state index contributed by atoms with van der Waals surface area (Å²) in [6, 6.07) is 1.87. The fraction of sp³-hybridized carbons (Fsp3) is 0.462. The van der Waals surface area contributed by atoms with Gasteiger partial charge >= 0.3 is 5.97 Å². The molecule has 0 saturated carbocycles. The molecule has 110 valence electrons. The molecule has 1 aliphatic heterocycles. The fourth-order valence-corrected chi connectivity index (χ4v) is 2.15. The lowest BCUT2D eigenvalue weighted by molar-refractivity contribution is -0.147. The van der Waals surface area contributed by atoms with E-state index in [9.17, 15) is 9.90 Å². The van der Waals surface area contributed by atoms with E-state index >= 15 is 0 Å². The van der Waals surface area contributed by atoms with Crippen molar-refractivity contribution in [3.05, 3.63) is 22.7 Å². The van der Waals surface area contributed by atoms with E-state index in [-0.39, 0.29) is 6.61 Å². The van der Waals surface area contributed by atoms with Crippen LogP contribution in [0.25, 0.3) is 0 Å². The molecule has 0 radical (unpaired) electrons. The van der Waals surface area contributed by atoms with Crippen LogP contribution >= 0.6 is 11.6 Å². The number of aliphatic hydroxyl groups excluding tert-OH is 1. The second-order valence-corrected chi connectivity index (χ2v) is 4.66. The lowest BCUT2D eigenvalue weighted by Gasteiger charge is -2.23. The number of hydrogen-bond acceptors (Lipinski definition) is 6. The topological polar surface area (TPSA) is 91.0 Å². The molecule has 0 fully saturated rings. The standard InChI is InChI=1S/C13H16ClNO5/c1-2-18-13(17)10(15)11(16)7-5-8(14)12-9(6-7)19-3-4-20-12/h5-6,10-11,16H,2-4,15H2,1H3. The molecule has 6 nitrogen and oxygen atoms in total. The second-order valence-electron chi connectivity index (χ2n) is 4.25. The Kier molecular flexibility index (Phi) is 4.69. The molecule has 1 aromatic rings. The summed E-state index contributed by atoms with van der Waals surface area (Å²) in [5.74, 6) is 0.179. The number of benzene rings is 1. The fourth-order valence-electron chi connectivity index (χ4n) is 1.88. The maximum Gasteiger partial charge on any atom is 0.325 e. The summed E-state index contributed by atoms with van der Waals surface area (Å²) in [6.07, 6.45) is -1.23. The van der Waals surface area contributed by atoms with Crippen molar-refractivity contribution >= 4 is 17.6 Å². The van der Waals surface area contributed by atoms with Crippen molar-refractivity contribution in [2.75, 3.05) is 19.8 Å². The van der Waals surface area contributed by atoms with Crippen molar-refractivity contribution < 1.29 is 24.1 Å². The Hall–Kier alpha value is -1.50. The number of hydrogen-bond donors (Lipinski definition) is 2. The van der Waals surface area contributed by atoms with Gasteiger partial charge in [-0.15, -0.1) is 0 Å². The number of esters is 1. The van der Waals surface area contributed by atoms with E-state index in [2.05, 4.69) is 0 Å². The third-order valence-corrected chi connectivity index (χ3v) is 3.14. The molecule has 0 spiro atoms. The highest BCUT2D eigenvalue weighted by molar-refractivity contribution is 6.32. The van der Waals surface area contributed by atoms with Gasteiger partial charge in [0.15, 0.2) is 11.5 Å². The molecule has 3 N–H and O–H groups in total. The first-order valence-electron chi connectivity index (χ1n) is 6.24. The van der Waals surface area contributed by atoms with Crippen LogP contribution in [0.4, 0.5) is 0 Å². The third-order valence-electron chi connectivity index (χ3n) is 2.86. The lowest BCUT2D eigenvalue weighted by Crippen LogP contribution is -2.38. The number of halogens is 1. The van der Waals surface area contributed by atoms with Crippen LogP contribution in [-0.4, -0.2) is 36.9 Å². The molecular weight excluding hydrogens is 286 g/mol. The minimum Gasteiger partial charge on any atom is -0.486 e. The van der Waals surface area contributed by atoms with Crippen molar-refractivity contribution in [3.8, 4) is 11.5 Å². The number of ether oxygens (including phenoxy) is 3. The summed E-state index contributed by atoms with van der Waals surface area (Å²) in [5, 5.41) is 10.4. The summed E-state index contributed by atoms with van der Waals surface area (Å²) in [5.41, 5.74) is 6.04. The number of aliphatic hydroxyl groups is 1. The molecular formula is C13H16ClNO5. The van der Waals surface area contributed by atoms with E-state index in [1.165, 1.54) is 6.07 Å². The molecule has 1 aromatic carbocycles. The summed E-state index contributed by atoms with van der Waals surface area (Å²) in [7, 11) is 0. The monoisotopic (exact) mass is 301 g/mol. The van der Waals surface area contributed by atoms with Gasteiger partial charge < -0.3 is 25.1 Å². The van der Waals surface area contributed by atoms with Crippen LogP contribution in [0.1, 0.15) is 18.6 Å². The predicted octanol–water partition coefficient (Wildman–Crippen LogP) is 1.04. The number of fused-ring (bicyclic) bond motifs is 1. The highest BCUT2D eigenvalue weighted by Gasteiger charge is 2.28. The Morgan fingerprint density at radius 3 is 2.90 bits per heavy atom. The van der Waals surface area contributed by atoms with Crippen LogP contribution in [0.15, 0.2) is 12.1 Å². The van der Waals surface area contributed by atoms with Gasteiger partial charge in [-0.3, -0.25) is 4.79 Å². The minimum atomic E-state index is -1.23. The van der Waals surface area contributed by atoms with Crippen molar-refractivity contribution in [2.45, 2.75) is 19.1 Å². The summed E-state index contributed by atoms with van der Waals surface area (Å²) in [6.45, 7) is 2.67. The van der Waals surface area contributed by atoms with Crippen LogP contribution in [0.2, 0.25) is 5.02 Å². The van der Waals surface area contributed by atoms with Crippen LogP contribution in [-0.2, 0) is 9.53 Å². The number of nitrogens with two attached hydrogens (primary N) is 1. The highest BCUT2D eigenvalue weighted by atomic mass is 35.5. The number of rotatable bonds is 4. The van der Waals surface area contributed by atoms with Gasteiger partial charge in [-0.2, -0.15) is 0 Å². The minimum absolute atomic E-state index is 0.196. The largest absolute Gasteiger partial charge is 0.486 e. The van der Waals surface area contributed by atoms with E-state index in [0.29, 0.717) is 35.3 Å². The average Bonchev–Trinajstić information content (AvgIpc) is 2.46. The molecule has 0 aromatic heterocycles. The van der Waals surface area contributed by atoms with Gasteiger partial charge in [-0.1, -0.05) is 11.6 Å². The van der Waals surface area contributed by atoms with E-state index in [1.807, 2.05) is 0 Å². The van der Waals surface area contributed by atoms with Crippen LogP contribution in [0.3, 0.4) is 0 Å². The van der Waals surface area contributed by atoms with Crippen molar-refractivity contribution in [1.82, 2.24) is 0 Å². The van der Waals surface area contributed by atoms with Crippen LogP contribution in [0, 0.1) is 0 Å². The SMILES string of the molecule is CCOC(=O)C(N)C(O)c1cc(Cl)c2c(c1)OCCO2. The normalized spacial score (nSPS) is 16.4. The zero-order chi connectivity index (χ0) is 14.7. The van der Waals surface area contributed by atoms with Gasteiger partial charge in [0.05, 0.1) is 11.6 Å². The Labute approximate surface area is 121 Å². The van der Waals surface area contributed by atoms with Crippen LogP contribution in [0.5, 0.6) is 11.5 Å². The van der Waals surface area contributed by atoms with Gasteiger partial charge in [-0.25, -0.2) is 0 Å². The van der Waals surface area contributed by atoms with Gasteiger partial charge in [0.25, 0.3) is 0 Å². The smallest absolute Gasteiger partial charge is 0.325 e. The van der Waals surface area contributed by atoms with Gasteiger partial charge in [0.2, 0.25) is 0 Å². The summed E-state index contributed by atoms with van der Waals surface area (Å²) < 4.78 is 15.6. The number of carbonyl (C=O) groups excluding carboxylic acids is 1. The van der Waals surface area contributed by atoms with Crippen molar-refractivity contribution in [3.63, 3.8) is 0 Å². The maximum atomic E-state index is 11.5. The first kappa shape index (κ1) is 14.9.